The van der Waals surface area contributed by atoms with Gasteiger partial charge < -0.3 is 15.4 Å². The first-order chi connectivity index (χ1) is 15.5. The molecule has 1 saturated heterocycles. The van der Waals surface area contributed by atoms with Crippen molar-refractivity contribution in [2.75, 3.05) is 19.0 Å². The van der Waals surface area contributed by atoms with Crippen molar-refractivity contribution in [2.45, 2.75) is 25.3 Å². The van der Waals surface area contributed by atoms with Gasteiger partial charge in [0.05, 0.1) is 12.6 Å². The fourth-order valence-electron chi connectivity index (χ4n) is 3.83. The molecule has 0 unspecified atom stereocenters. The van der Waals surface area contributed by atoms with Gasteiger partial charge in [-0.3, -0.25) is 4.79 Å². The van der Waals surface area contributed by atoms with Crippen molar-refractivity contribution >= 4 is 60.3 Å². The van der Waals surface area contributed by atoms with E-state index in [0.29, 0.717) is 24.0 Å². The van der Waals surface area contributed by atoms with Crippen LogP contribution in [0.4, 0.5) is 5.95 Å². The van der Waals surface area contributed by atoms with Crippen LogP contribution < -0.4 is 15.4 Å². The summed E-state index contributed by atoms with van der Waals surface area (Å²) in [6.07, 6.45) is 2.65. The Labute approximate surface area is 201 Å². The van der Waals surface area contributed by atoms with Crippen LogP contribution in [0.1, 0.15) is 19.3 Å². The summed E-state index contributed by atoms with van der Waals surface area (Å²) in [7, 11) is 1.63. The van der Waals surface area contributed by atoms with E-state index in [1.165, 1.54) is 0 Å². The summed E-state index contributed by atoms with van der Waals surface area (Å²) >= 11 is 7.17. The van der Waals surface area contributed by atoms with Crippen LogP contribution in [0.2, 0.25) is 0 Å². The summed E-state index contributed by atoms with van der Waals surface area (Å²) in [5.41, 5.74) is 2.25. The molecule has 5 rings (SSSR count). The number of carbonyl (C=O) groups excluding carboxylic acids is 1. The molecule has 32 heavy (non-hydrogen) atoms. The number of ether oxygens (including phenoxy) is 1. The van der Waals surface area contributed by atoms with Gasteiger partial charge in [0.15, 0.2) is 11.5 Å². The average molecular weight is 560 g/mol. The van der Waals surface area contributed by atoms with Gasteiger partial charge in [-0.15, -0.1) is 5.10 Å². The van der Waals surface area contributed by atoms with Crippen LogP contribution >= 0.6 is 31.9 Å². The number of aromatic nitrogens is 4. The quantitative estimate of drug-likeness (QED) is 0.381. The van der Waals surface area contributed by atoms with Crippen LogP contribution in [-0.4, -0.2) is 45.2 Å². The van der Waals surface area contributed by atoms with Gasteiger partial charge in [0.25, 0.3) is 0 Å². The molecule has 0 bridgehead atoms. The van der Waals surface area contributed by atoms with Crippen molar-refractivity contribution in [3.05, 3.63) is 45.3 Å². The summed E-state index contributed by atoms with van der Waals surface area (Å²) in [4.78, 5) is 22.2. The standard InChI is InChI=1S/C22H20Br2N6O2/c1-32-14-7-5-12(6-8-14)19-28-20-15-10-13(23)11-16(24)18(15)27-22(30(20)29-19)26-17-4-2-3-9-25-21(17)31/h5-8,10-11,17H,2-4,9H2,1H3,(H,25,31)(H,26,27)/t17-/m1/s1. The first-order valence-electron chi connectivity index (χ1n) is 10.3. The number of nitrogens with one attached hydrogen (secondary N) is 2. The van der Waals surface area contributed by atoms with Crippen LogP contribution in [-0.2, 0) is 4.79 Å². The van der Waals surface area contributed by atoms with Crippen molar-refractivity contribution in [3.8, 4) is 17.1 Å². The number of rotatable bonds is 4. The Kier molecular flexibility index (Phi) is 5.73. The van der Waals surface area contributed by atoms with Crippen molar-refractivity contribution in [1.82, 2.24) is 24.9 Å². The van der Waals surface area contributed by atoms with Crippen molar-refractivity contribution in [3.63, 3.8) is 0 Å². The number of hydrogen-bond donors (Lipinski definition) is 2. The minimum absolute atomic E-state index is 0.0251. The van der Waals surface area contributed by atoms with Crippen LogP contribution in [0.15, 0.2) is 45.3 Å². The van der Waals surface area contributed by atoms with E-state index >= 15 is 0 Å². The number of halogens is 2. The van der Waals surface area contributed by atoms with Crippen molar-refractivity contribution in [2.24, 2.45) is 0 Å². The molecular formula is C22H20Br2N6O2. The molecule has 4 aromatic rings. The Bertz CT molecular complexity index is 1320. The van der Waals surface area contributed by atoms with Gasteiger partial charge in [0, 0.05) is 26.4 Å². The van der Waals surface area contributed by atoms with Crippen molar-refractivity contribution in [1.29, 1.82) is 0 Å². The summed E-state index contributed by atoms with van der Waals surface area (Å²) in [5, 5.41) is 11.9. The lowest BCUT2D eigenvalue weighted by atomic mass is 10.1. The van der Waals surface area contributed by atoms with Crippen LogP contribution in [0.25, 0.3) is 27.9 Å². The van der Waals surface area contributed by atoms with E-state index < -0.39 is 0 Å². The van der Waals surface area contributed by atoms with E-state index in [2.05, 4.69) is 42.5 Å². The monoisotopic (exact) mass is 558 g/mol. The van der Waals surface area contributed by atoms with Gasteiger partial charge in [-0.05, 0) is 71.6 Å². The van der Waals surface area contributed by atoms with E-state index in [9.17, 15) is 4.79 Å². The summed E-state index contributed by atoms with van der Waals surface area (Å²) in [5.74, 6) is 1.78. The van der Waals surface area contributed by atoms with Gasteiger partial charge >= 0.3 is 0 Å². The zero-order valence-corrected chi connectivity index (χ0v) is 20.4. The molecule has 164 valence electrons. The van der Waals surface area contributed by atoms with Crippen LogP contribution in [0.5, 0.6) is 5.75 Å². The normalized spacial score (nSPS) is 16.7. The van der Waals surface area contributed by atoms with E-state index in [-0.39, 0.29) is 11.9 Å². The number of anilines is 1. The van der Waals surface area contributed by atoms with E-state index in [1.54, 1.807) is 11.6 Å². The summed E-state index contributed by atoms with van der Waals surface area (Å²) < 4.78 is 8.66. The second-order valence-electron chi connectivity index (χ2n) is 7.60. The topological polar surface area (TPSA) is 93.4 Å². The molecular weight excluding hydrogens is 540 g/mol. The molecule has 2 aromatic heterocycles. The number of fused-ring (bicyclic) bond motifs is 3. The molecule has 10 heteroatoms. The highest BCUT2D eigenvalue weighted by Gasteiger charge is 2.24. The Morgan fingerprint density at radius 3 is 2.75 bits per heavy atom. The predicted molar refractivity (Wildman–Crippen MR) is 130 cm³/mol. The molecule has 2 aromatic carbocycles. The molecule has 0 spiro atoms. The third-order valence-electron chi connectivity index (χ3n) is 5.48. The second kappa shape index (κ2) is 8.67. The molecule has 1 aliphatic rings. The maximum atomic E-state index is 12.5. The molecule has 8 nitrogen and oxygen atoms in total. The lowest BCUT2D eigenvalue weighted by Crippen LogP contribution is -2.38. The molecule has 1 fully saturated rings. The minimum atomic E-state index is -0.381. The number of hydrogen-bond acceptors (Lipinski definition) is 6. The second-order valence-corrected chi connectivity index (χ2v) is 9.37. The number of nitrogens with zero attached hydrogens (tertiary/aromatic N) is 4. The fraction of sp³-hybridized carbons (Fsp3) is 0.273. The first-order valence-corrected chi connectivity index (χ1v) is 11.9. The smallest absolute Gasteiger partial charge is 0.242 e. The molecule has 1 aliphatic heterocycles. The molecule has 0 radical (unpaired) electrons. The SMILES string of the molecule is COc1ccc(-c2nc3c4cc(Br)cc(Br)c4nc(N[C@@H]4CCCCNC4=O)n3n2)cc1. The largest absolute Gasteiger partial charge is 0.497 e. The lowest BCUT2D eigenvalue weighted by Gasteiger charge is -2.17. The highest BCUT2D eigenvalue weighted by molar-refractivity contribution is 9.11. The first kappa shape index (κ1) is 21.1. The maximum Gasteiger partial charge on any atom is 0.242 e. The third kappa shape index (κ3) is 3.93. The highest BCUT2D eigenvalue weighted by atomic mass is 79.9. The van der Waals surface area contributed by atoms with E-state index in [1.807, 2.05) is 36.4 Å². The zero-order valence-electron chi connectivity index (χ0n) is 17.2. The molecule has 0 aliphatic carbocycles. The van der Waals surface area contributed by atoms with Gasteiger partial charge in [-0.1, -0.05) is 15.9 Å². The highest BCUT2D eigenvalue weighted by Crippen LogP contribution is 2.32. The predicted octanol–water partition coefficient (Wildman–Crippen LogP) is 4.56. The minimum Gasteiger partial charge on any atom is -0.497 e. The number of carbonyl (C=O) groups is 1. The molecule has 0 saturated carbocycles. The summed E-state index contributed by atoms with van der Waals surface area (Å²) in [6.45, 7) is 0.697. The number of benzene rings is 2. The lowest BCUT2D eigenvalue weighted by molar-refractivity contribution is -0.121. The summed E-state index contributed by atoms with van der Waals surface area (Å²) in [6, 6.07) is 11.1. The molecule has 3 heterocycles. The van der Waals surface area contributed by atoms with Crippen LogP contribution in [0, 0.1) is 0 Å². The Morgan fingerprint density at radius 2 is 1.97 bits per heavy atom. The number of amides is 1. The molecule has 1 atom stereocenters. The fourth-order valence-corrected chi connectivity index (χ4v) is 5.14. The Morgan fingerprint density at radius 1 is 1.16 bits per heavy atom. The van der Waals surface area contributed by atoms with Gasteiger partial charge in [0.2, 0.25) is 11.9 Å². The van der Waals surface area contributed by atoms with Gasteiger partial charge in [-0.25, -0.2) is 9.97 Å². The molecule has 1 amide bonds. The maximum absolute atomic E-state index is 12.5. The van der Waals surface area contributed by atoms with Gasteiger partial charge in [0.1, 0.15) is 11.8 Å². The van der Waals surface area contributed by atoms with Crippen LogP contribution in [0.3, 0.4) is 0 Å². The van der Waals surface area contributed by atoms with E-state index in [0.717, 1.165) is 50.4 Å². The zero-order chi connectivity index (χ0) is 22.2. The molecule has 2 N–H and O–H groups in total. The average Bonchev–Trinajstić information content (AvgIpc) is 3.15. The number of methoxy groups -OCH3 is 1. The Balaban J connectivity index is 1.68. The van der Waals surface area contributed by atoms with Gasteiger partial charge in [-0.2, -0.15) is 4.52 Å². The third-order valence-corrected chi connectivity index (χ3v) is 6.54. The van der Waals surface area contributed by atoms with Crippen molar-refractivity contribution < 1.29 is 9.53 Å². The van der Waals surface area contributed by atoms with E-state index in [4.69, 9.17) is 19.8 Å². The Hall–Kier alpha value is -2.72.